The number of aliphatic hydroxyl groups is 1. The fourth-order valence-electron chi connectivity index (χ4n) is 4.15. The van der Waals surface area contributed by atoms with Crippen molar-refractivity contribution in [2.75, 3.05) is 44.2 Å². The topological polar surface area (TPSA) is 79.0 Å². The quantitative estimate of drug-likeness (QED) is 0.470. The van der Waals surface area contributed by atoms with Crippen LogP contribution in [0.2, 0.25) is 0 Å². The van der Waals surface area contributed by atoms with Gasteiger partial charge in [0.15, 0.2) is 11.3 Å². The summed E-state index contributed by atoms with van der Waals surface area (Å²) in [5, 5.41) is 11.6. The summed E-state index contributed by atoms with van der Waals surface area (Å²) in [6.45, 7) is 4.08. The van der Waals surface area contributed by atoms with E-state index in [0.29, 0.717) is 34.2 Å². The van der Waals surface area contributed by atoms with E-state index in [1.165, 1.54) is 0 Å². The van der Waals surface area contributed by atoms with E-state index in [2.05, 4.69) is 14.8 Å². The highest BCUT2D eigenvalue weighted by atomic mass is 16.5. The molecule has 1 aliphatic heterocycles. The monoisotopic (exact) mass is 431 g/mol. The van der Waals surface area contributed by atoms with E-state index in [4.69, 9.17) is 9.15 Å². The molecular formula is C25H25N3O4. The summed E-state index contributed by atoms with van der Waals surface area (Å²) in [4.78, 5) is 21.7. The molecule has 1 saturated heterocycles. The highest BCUT2D eigenvalue weighted by Crippen LogP contribution is 2.27. The number of fused-ring (bicyclic) bond motifs is 2. The fraction of sp³-hybridized carbons (Fsp3) is 0.280. The first-order valence-electron chi connectivity index (χ1n) is 10.8. The van der Waals surface area contributed by atoms with Crippen LogP contribution in [0.1, 0.15) is 0 Å². The number of hydrogen-bond donors (Lipinski definition) is 1. The van der Waals surface area contributed by atoms with Gasteiger partial charge >= 0.3 is 0 Å². The lowest BCUT2D eigenvalue weighted by atomic mass is 10.1. The van der Waals surface area contributed by atoms with Gasteiger partial charge in [-0.2, -0.15) is 0 Å². The predicted octanol–water partition coefficient (Wildman–Crippen LogP) is 2.90. The van der Waals surface area contributed by atoms with E-state index in [1.807, 2.05) is 30.3 Å². The lowest BCUT2D eigenvalue weighted by molar-refractivity contribution is 0.0664. The van der Waals surface area contributed by atoms with Crippen molar-refractivity contribution in [1.29, 1.82) is 0 Å². The molecule has 1 N–H and O–H groups in total. The number of piperazine rings is 1. The molecule has 0 amide bonds. The number of para-hydroxylation sites is 2. The third kappa shape index (κ3) is 4.17. The molecule has 5 rings (SSSR count). The van der Waals surface area contributed by atoms with Crippen molar-refractivity contribution in [2.45, 2.75) is 6.10 Å². The van der Waals surface area contributed by atoms with Crippen LogP contribution < -0.4 is 15.1 Å². The number of nitrogens with zero attached hydrogens (tertiary/aromatic N) is 3. The lowest BCUT2D eigenvalue weighted by Crippen LogP contribution is -2.49. The molecule has 164 valence electrons. The molecule has 1 fully saturated rings. The van der Waals surface area contributed by atoms with Crippen molar-refractivity contribution in [2.24, 2.45) is 0 Å². The van der Waals surface area contributed by atoms with E-state index in [1.54, 1.807) is 36.5 Å². The lowest BCUT2D eigenvalue weighted by Gasteiger charge is -2.36. The minimum Gasteiger partial charge on any atom is -0.487 e. The zero-order chi connectivity index (χ0) is 21.9. The molecule has 0 spiro atoms. The Morgan fingerprint density at radius 2 is 1.75 bits per heavy atom. The normalized spacial score (nSPS) is 15.8. The van der Waals surface area contributed by atoms with Crippen LogP contribution >= 0.6 is 0 Å². The SMILES string of the molecule is O=c1c2ccccc2oc2c(OCC(O)CN3CCN(c4ccccn4)CC3)cccc12. The molecule has 0 saturated carbocycles. The maximum absolute atomic E-state index is 12.8. The average molecular weight is 431 g/mol. The van der Waals surface area contributed by atoms with Crippen molar-refractivity contribution in [3.63, 3.8) is 0 Å². The van der Waals surface area contributed by atoms with Gasteiger partial charge in [-0.25, -0.2) is 4.98 Å². The number of β-amino-alcohol motifs (C(OH)–C–C–N with tert-alkyl or cyclic N) is 1. The van der Waals surface area contributed by atoms with Crippen molar-refractivity contribution < 1.29 is 14.3 Å². The predicted molar refractivity (Wildman–Crippen MR) is 124 cm³/mol. The third-order valence-electron chi connectivity index (χ3n) is 5.81. The van der Waals surface area contributed by atoms with Crippen LogP contribution in [-0.4, -0.2) is 60.4 Å². The van der Waals surface area contributed by atoms with Gasteiger partial charge in [0.25, 0.3) is 0 Å². The third-order valence-corrected chi connectivity index (χ3v) is 5.81. The largest absolute Gasteiger partial charge is 0.487 e. The van der Waals surface area contributed by atoms with Crippen molar-refractivity contribution in [1.82, 2.24) is 9.88 Å². The number of rotatable bonds is 6. The molecule has 1 aliphatic rings. The van der Waals surface area contributed by atoms with Gasteiger partial charge in [0.05, 0.1) is 10.8 Å². The number of aliphatic hydroxyl groups excluding tert-OH is 1. The minimum absolute atomic E-state index is 0.0846. The molecular weight excluding hydrogens is 406 g/mol. The molecule has 2 aromatic heterocycles. The molecule has 1 atom stereocenters. The Bertz CT molecular complexity index is 1270. The Kier molecular flexibility index (Phi) is 5.75. The summed E-state index contributed by atoms with van der Waals surface area (Å²) in [5.74, 6) is 1.45. The van der Waals surface area contributed by atoms with Crippen LogP contribution in [0.3, 0.4) is 0 Å². The van der Waals surface area contributed by atoms with Gasteiger partial charge in [-0.1, -0.05) is 24.3 Å². The Labute approximate surface area is 185 Å². The molecule has 3 heterocycles. The first-order chi connectivity index (χ1) is 15.7. The van der Waals surface area contributed by atoms with Gasteiger partial charge < -0.3 is 19.2 Å². The van der Waals surface area contributed by atoms with Gasteiger partial charge in [-0.3, -0.25) is 9.69 Å². The first-order valence-corrected chi connectivity index (χ1v) is 10.8. The standard InChI is InChI=1S/C25H25N3O4/c29-18(16-27-12-14-28(15-13-27)23-10-3-4-11-26-23)17-31-22-9-5-7-20-24(30)19-6-1-2-8-21(19)32-25(20)22/h1-11,18,29H,12-17H2. The van der Waals surface area contributed by atoms with Crippen LogP contribution in [0.25, 0.3) is 21.9 Å². The van der Waals surface area contributed by atoms with Crippen LogP contribution in [0.4, 0.5) is 5.82 Å². The average Bonchev–Trinajstić information content (AvgIpc) is 2.84. The highest BCUT2D eigenvalue weighted by molar-refractivity contribution is 5.92. The molecule has 7 heteroatoms. The maximum atomic E-state index is 12.8. The Balaban J connectivity index is 1.22. The summed E-state index contributed by atoms with van der Waals surface area (Å²) >= 11 is 0. The zero-order valence-electron chi connectivity index (χ0n) is 17.7. The van der Waals surface area contributed by atoms with Crippen LogP contribution in [-0.2, 0) is 0 Å². The zero-order valence-corrected chi connectivity index (χ0v) is 17.7. The van der Waals surface area contributed by atoms with Crippen molar-refractivity contribution >= 4 is 27.8 Å². The molecule has 4 aromatic rings. The second-order valence-electron chi connectivity index (χ2n) is 8.00. The van der Waals surface area contributed by atoms with Gasteiger partial charge in [0.2, 0.25) is 5.43 Å². The van der Waals surface area contributed by atoms with E-state index in [9.17, 15) is 9.90 Å². The molecule has 0 radical (unpaired) electrons. The maximum Gasteiger partial charge on any atom is 0.200 e. The summed E-state index contributed by atoms with van der Waals surface area (Å²) in [7, 11) is 0. The number of ether oxygens (including phenoxy) is 1. The molecule has 1 unspecified atom stereocenters. The second-order valence-corrected chi connectivity index (χ2v) is 8.00. The molecule has 32 heavy (non-hydrogen) atoms. The summed E-state index contributed by atoms with van der Waals surface area (Å²) in [5.41, 5.74) is 0.846. The number of anilines is 1. The van der Waals surface area contributed by atoms with Gasteiger partial charge in [0.1, 0.15) is 24.1 Å². The van der Waals surface area contributed by atoms with Gasteiger partial charge in [-0.15, -0.1) is 0 Å². The number of hydrogen-bond acceptors (Lipinski definition) is 7. The number of pyridine rings is 1. The minimum atomic E-state index is -0.654. The molecule has 0 aliphatic carbocycles. The van der Waals surface area contributed by atoms with Crippen molar-refractivity contribution in [3.8, 4) is 5.75 Å². The van der Waals surface area contributed by atoms with E-state index in [0.717, 1.165) is 32.0 Å². The van der Waals surface area contributed by atoms with Crippen LogP contribution in [0, 0.1) is 0 Å². The van der Waals surface area contributed by atoms with Crippen LogP contribution in [0.15, 0.2) is 76.1 Å². The number of aromatic nitrogens is 1. The fourth-order valence-corrected chi connectivity index (χ4v) is 4.15. The Morgan fingerprint density at radius 1 is 0.969 bits per heavy atom. The van der Waals surface area contributed by atoms with Gasteiger partial charge in [-0.05, 0) is 36.4 Å². The number of benzene rings is 2. The van der Waals surface area contributed by atoms with Crippen LogP contribution in [0.5, 0.6) is 5.75 Å². The highest BCUT2D eigenvalue weighted by Gasteiger charge is 2.21. The Morgan fingerprint density at radius 3 is 2.56 bits per heavy atom. The summed E-state index contributed by atoms with van der Waals surface area (Å²) in [6, 6.07) is 18.4. The Hall–Kier alpha value is -3.42. The smallest absolute Gasteiger partial charge is 0.200 e. The summed E-state index contributed by atoms with van der Waals surface area (Å²) < 4.78 is 11.9. The molecule has 2 aromatic carbocycles. The van der Waals surface area contributed by atoms with E-state index < -0.39 is 6.10 Å². The van der Waals surface area contributed by atoms with E-state index >= 15 is 0 Å². The molecule has 0 bridgehead atoms. The molecule has 7 nitrogen and oxygen atoms in total. The second kappa shape index (κ2) is 8.98. The summed E-state index contributed by atoms with van der Waals surface area (Å²) in [6.07, 6.45) is 1.15. The first kappa shape index (κ1) is 20.5. The van der Waals surface area contributed by atoms with E-state index in [-0.39, 0.29) is 12.0 Å². The van der Waals surface area contributed by atoms with Crippen molar-refractivity contribution in [3.05, 3.63) is 77.1 Å². The van der Waals surface area contributed by atoms with Gasteiger partial charge in [0, 0.05) is 38.9 Å².